The molecular formula is C20H43N2O3P. The fraction of sp³-hybridized carbons (Fsp3) is 0.950. The van der Waals surface area contributed by atoms with Crippen molar-refractivity contribution in [2.75, 3.05) is 26.4 Å². The van der Waals surface area contributed by atoms with Gasteiger partial charge in [-0.3, -0.25) is 0 Å². The summed E-state index contributed by atoms with van der Waals surface area (Å²) in [5, 5.41) is 4.37. The molecule has 0 aromatic heterocycles. The highest BCUT2D eigenvalue weighted by Gasteiger charge is 2.20. The van der Waals surface area contributed by atoms with Crippen molar-refractivity contribution in [3.63, 3.8) is 0 Å². The van der Waals surface area contributed by atoms with Crippen LogP contribution in [0.3, 0.4) is 0 Å². The second kappa shape index (κ2) is 13.0. The van der Waals surface area contributed by atoms with Crippen molar-refractivity contribution < 1.29 is 14.3 Å². The first-order valence-electron chi connectivity index (χ1n) is 9.88. The number of ether oxygens (including phenoxy) is 2. The summed E-state index contributed by atoms with van der Waals surface area (Å²) in [6, 6.07) is 0. The van der Waals surface area contributed by atoms with Gasteiger partial charge in [-0.1, -0.05) is 25.9 Å². The number of nitrogens with two attached hydrogens (primary N) is 1. The zero-order valence-electron chi connectivity index (χ0n) is 18.1. The van der Waals surface area contributed by atoms with E-state index >= 15 is 0 Å². The van der Waals surface area contributed by atoms with Gasteiger partial charge in [-0.05, 0) is 65.1 Å². The normalized spacial score (nSPS) is 14.8. The molecule has 0 aliphatic rings. The van der Waals surface area contributed by atoms with Crippen LogP contribution >= 0.6 is 9.24 Å². The summed E-state index contributed by atoms with van der Waals surface area (Å²) in [5.41, 5.74) is 6.79. The Labute approximate surface area is 164 Å². The Morgan fingerprint density at radius 2 is 1.46 bits per heavy atom. The molecule has 0 fully saturated rings. The van der Waals surface area contributed by atoms with Crippen molar-refractivity contribution in [2.24, 2.45) is 16.8 Å². The lowest BCUT2D eigenvalue weighted by atomic mass is 10.0. The van der Waals surface area contributed by atoms with Crippen molar-refractivity contribution >= 4 is 15.0 Å². The monoisotopic (exact) mass is 390 g/mol. The summed E-state index contributed by atoms with van der Waals surface area (Å²) in [6.45, 7) is 17.2. The van der Waals surface area contributed by atoms with Crippen molar-refractivity contribution in [3.05, 3.63) is 0 Å². The lowest BCUT2D eigenvalue weighted by Gasteiger charge is -2.28. The molecule has 0 saturated carbocycles. The Bertz CT molecular complexity index is 385. The van der Waals surface area contributed by atoms with E-state index in [1.807, 2.05) is 0 Å². The van der Waals surface area contributed by atoms with Crippen molar-refractivity contribution in [3.8, 4) is 0 Å². The maximum absolute atomic E-state index is 5.95. The lowest BCUT2D eigenvalue weighted by Crippen LogP contribution is -2.32. The molecule has 0 amide bonds. The molecule has 5 nitrogen and oxygen atoms in total. The van der Waals surface area contributed by atoms with Gasteiger partial charge in [0.25, 0.3) is 0 Å². The molecule has 156 valence electrons. The van der Waals surface area contributed by atoms with Crippen molar-refractivity contribution in [1.29, 1.82) is 0 Å². The van der Waals surface area contributed by atoms with Gasteiger partial charge in [0.1, 0.15) is 6.61 Å². The second-order valence-corrected chi connectivity index (χ2v) is 9.91. The maximum Gasteiger partial charge on any atom is 0.119 e. The summed E-state index contributed by atoms with van der Waals surface area (Å²) in [4.78, 5) is 5.58. The lowest BCUT2D eigenvalue weighted by molar-refractivity contribution is -0.0933. The van der Waals surface area contributed by atoms with Crippen LogP contribution in [0.25, 0.3) is 0 Å². The molecule has 6 heteroatoms. The van der Waals surface area contributed by atoms with E-state index in [-0.39, 0.29) is 11.2 Å². The van der Waals surface area contributed by atoms with E-state index in [0.717, 1.165) is 31.4 Å². The molecule has 0 heterocycles. The highest BCUT2D eigenvalue weighted by Crippen LogP contribution is 2.17. The quantitative estimate of drug-likeness (QED) is 0.195. The smallest absolute Gasteiger partial charge is 0.119 e. The van der Waals surface area contributed by atoms with Gasteiger partial charge >= 0.3 is 0 Å². The zero-order valence-corrected chi connectivity index (χ0v) is 19.3. The first kappa shape index (κ1) is 25.8. The maximum atomic E-state index is 5.95. The SMILES string of the molecule is CC(C)C/C(CC(C)P)=N\OCCC(C)(C)OCCOC(C)(C)CCN. The molecule has 0 radical (unpaired) electrons. The minimum absolute atomic E-state index is 0.193. The van der Waals surface area contributed by atoms with Crippen LogP contribution in [0.15, 0.2) is 5.16 Å². The zero-order chi connectivity index (χ0) is 20.2. The molecule has 0 spiro atoms. The fourth-order valence-electron chi connectivity index (χ4n) is 2.56. The van der Waals surface area contributed by atoms with Gasteiger partial charge in [0, 0.05) is 6.42 Å². The number of oxime groups is 1. The van der Waals surface area contributed by atoms with Gasteiger partial charge in [0.05, 0.1) is 30.1 Å². The van der Waals surface area contributed by atoms with Gasteiger partial charge in [-0.15, -0.1) is 9.24 Å². The Balaban J connectivity index is 4.16. The van der Waals surface area contributed by atoms with E-state index in [9.17, 15) is 0 Å². The summed E-state index contributed by atoms with van der Waals surface area (Å²) in [7, 11) is 2.82. The van der Waals surface area contributed by atoms with Gasteiger partial charge in [-0.2, -0.15) is 0 Å². The number of rotatable bonds is 15. The minimum Gasteiger partial charge on any atom is -0.396 e. The summed E-state index contributed by atoms with van der Waals surface area (Å²) in [6.07, 6.45) is 3.57. The van der Waals surface area contributed by atoms with Gasteiger partial charge in [0.2, 0.25) is 0 Å². The Kier molecular flexibility index (Phi) is 12.9. The summed E-state index contributed by atoms with van der Waals surface area (Å²) >= 11 is 0. The van der Waals surface area contributed by atoms with Gasteiger partial charge < -0.3 is 20.0 Å². The Morgan fingerprint density at radius 1 is 0.923 bits per heavy atom. The molecule has 0 aromatic carbocycles. The van der Waals surface area contributed by atoms with Crippen LogP contribution in [0, 0.1) is 5.92 Å². The van der Waals surface area contributed by atoms with E-state index in [4.69, 9.17) is 20.0 Å². The van der Waals surface area contributed by atoms with E-state index in [0.29, 0.717) is 37.9 Å². The molecule has 0 aromatic rings. The third kappa shape index (κ3) is 14.9. The number of hydrogen-bond donors (Lipinski definition) is 1. The summed E-state index contributed by atoms with van der Waals surface area (Å²) in [5.74, 6) is 0.587. The van der Waals surface area contributed by atoms with Crippen LogP contribution in [-0.4, -0.2) is 48.9 Å². The van der Waals surface area contributed by atoms with Crippen LogP contribution in [0.5, 0.6) is 0 Å². The minimum atomic E-state index is -0.261. The molecular weight excluding hydrogens is 347 g/mol. The third-order valence-corrected chi connectivity index (χ3v) is 4.24. The van der Waals surface area contributed by atoms with E-state index in [1.165, 1.54) is 0 Å². The predicted molar refractivity (Wildman–Crippen MR) is 115 cm³/mol. The Hall–Kier alpha value is -0.220. The molecule has 2 atom stereocenters. The van der Waals surface area contributed by atoms with Crippen LogP contribution < -0.4 is 5.73 Å². The van der Waals surface area contributed by atoms with Crippen LogP contribution in [0.2, 0.25) is 0 Å². The Morgan fingerprint density at radius 3 is 1.92 bits per heavy atom. The molecule has 0 saturated heterocycles. The van der Waals surface area contributed by atoms with E-state index in [2.05, 4.69) is 62.9 Å². The van der Waals surface area contributed by atoms with Gasteiger partial charge in [-0.25, -0.2) is 0 Å². The molecule has 0 bridgehead atoms. The highest BCUT2D eigenvalue weighted by atomic mass is 31.0. The number of hydrogen-bond acceptors (Lipinski definition) is 5. The second-order valence-electron chi connectivity index (χ2n) is 8.78. The molecule has 0 aliphatic heterocycles. The first-order valence-corrected chi connectivity index (χ1v) is 10.6. The molecule has 0 aliphatic carbocycles. The van der Waals surface area contributed by atoms with Crippen molar-refractivity contribution in [1.82, 2.24) is 0 Å². The van der Waals surface area contributed by atoms with Crippen LogP contribution in [0.1, 0.15) is 74.1 Å². The topological polar surface area (TPSA) is 66.1 Å². The molecule has 2 unspecified atom stereocenters. The predicted octanol–water partition coefficient (Wildman–Crippen LogP) is 4.39. The number of nitrogens with zero attached hydrogens (tertiary/aromatic N) is 1. The average Bonchev–Trinajstić information content (AvgIpc) is 2.47. The fourth-order valence-corrected chi connectivity index (χ4v) is 2.83. The van der Waals surface area contributed by atoms with Gasteiger partial charge in [0.15, 0.2) is 0 Å². The van der Waals surface area contributed by atoms with Crippen molar-refractivity contribution in [2.45, 2.75) is 91.0 Å². The molecule has 2 N–H and O–H groups in total. The average molecular weight is 391 g/mol. The van der Waals surface area contributed by atoms with E-state index < -0.39 is 0 Å². The highest BCUT2D eigenvalue weighted by molar-refractivity contribution is 7.17. The molecule has 0 rings (SSSR count). The standard InChI is InChI=1S/C20H43N2O3P/c1-16(2)14-18(15-17(3)26)22-25-11-9-20(6,7)24-13-12-23-19(4,5)8-10-21/h16-17H,8-15,21,26H2,1-7H3/b22-18+. The third-order valence-electron chi connectivity index (χ3n) is 4.01. The van der Waals surface area contributed by atoms with Crippen LogP contribution in [-0.2, 0) is 14.3 Å². The van der Waals surface area contributed by atoms with E-state index in [1.54, 1.807) is 0 Å². The molecule has 26 heavy (non-hydrogen) atoms. The summed E-state index contributed by atoms with van der Waals surface area (Å²) < 4.78 is 11.8. The van der Waals surface area contributed by atoms with Crippen LogP contribution in [0.4, 0.5) is 0 Å². The largest absolute Gasteiger partial charge is 0.396 e. The first-order chi connectivity index (χ1) is 12.0.